The Bertz CT molecular complexity index is 1660. The summed E-state index contributed by atoms with van der Waals surface area (Å²) in [6.45, 7) is 1.27. The number of nitrogens with zero attached hydrogens (tertiary/aromatic N) is 3. The molecule has 40 heavy (non-hydrogen) atoms. The average Bonchev–Trinajstić information content (AvgIpc) is 3.48. The molecular formula is C29H26ClFN6O3. The molecule has 1 atom stereocenters. The van der Waals surface area contributed by atoms with Crippen LogP contribution in [0.3, 0.4) is 0 Å². The molecule has 0 saturated heterocycles. The van der Waals surface area contributed by atoms with E-state index in [0.717, 1.165) is 27.7 Å². The molecule has 9 nitrogen and oxygen atoms in total. The summed E-state index contributed by atoms with van der Waals surface area (Å²) in [4.78, 5) is 18.6. The van der Waals surface area contributed by atoms with Crippen LogP contribution in [0.25, 0.3) is 10.9 Å². The van der Waals surface area contributed by atoms with Crippen LogP contribution in [0.1, 0.15) is 22.9 Å². The van der Waals surface area contributed by atoms with Gasteiger partial charge >= 0.3 is 6.09 Å². The van der Waals surface area contributed by atoms with E-state index in [1.807, 2.05) is 42.5 Å². The first-order valence-electron chi connectivity index (χ1n) is 12.7. The van der Waals surface area contributed by atoms with Gasteiger partial charge in [-0.05, 0) is 72.1 Å². The fourth-order valence-electron chi connectivity index (χ4n) is 5.04. The number of nitrogen functional groups attached to an aromatic ring is 2. The lowest BCUT2D eigenvalue weighted by Crippen LogP contribution is -2.42. The van der Waals surface area contributed by atoms with Crippen LogP contribution in [0, 0.1) is 5.82 Å². The fraction of sp³-hybridized carbons (Fsp3) is 0.172. The number of amides is 1. The van der Waals surface area contributed by atoms with E-state index < -0.39 is 18.0 Å². The molecule has 0 saturated carbocycles. The van der Waals surface area contributed by atoms with Gasteiger partial charge in [0.2, 0.25) is 0 Å². The van der Waals surface area contributed by atoms with Crippen LogP contribution >= 0.6 is 11.6 Å². The van der Waals surface area contributed by atoms with Crippen molar-refractivity contribution in [3.8, 4) is 11.5 Å². The number of aromatic amines is 1. The molecule has 0 spiro atoms. The Balaban J connectivity index is 1.27. The number of H-pyrrole nitrogens is 1. The van der Waals surface area contributed by atoms with Crippen LogP contribution in [-0.2, 0) is 13.0 Å². The van der Waals surface area contributed by atoms with E-state index in [1.54, 1.807) is 15.8 Å². The minimum absolute atomic E-state index is 0.267. The number of carbonyl (C=O) groups is 1. The quantitative estimate of drug-likeness (QED) is 0.250. The number of nitrogens with two attached hydrogens (primary N) is 2. The number of aromatic nitrogens is 3. The summed E-state index contributed by atoms with van der Waals surface area (Å²) in [6, 6.07) is 18.2. The summed E-state index contributed by atoms with van der Waals surface area (Å²) in [5, 5.41) is 5.80. The lowest BCUT2D eigenvalue weighted by molar-refractivity contribution is 0.135. The summed E-state index contributed by atoms with van der Waals surface area (Å²) < 4.78 is 26.5. The second kappa shape index (κ2) is 10.5. The van der Waals surface area contributed by atoms with Crippen LogP contribution in [0.15, 0.2) is 72.9 Å². The summed E-state index contributed by atoms with van der Waals surface area (Å²) >= 11 is 6.30. The summed E-state index contributed by atoms with van der Waals surface area (Å²) in [7, 11) is 0. The zero-order chi connectivity index (χ0) is 27.8. The van der Waals surface area contributed by atoms with Gasteiger partial charge in [-0.1, -0.05) is 23.7 Å². The highest BCUT2D eigenvalue weighted by atomic mass is 35.5. The normalized spacial score (nSPS) is 14.8. The first-order chi connectivity index (χ1) is 19.4. The van der Waals surface area contributed by atoms with Gasteiger partial charge in [0.1, 0.15) is 30.0 Å². The van der Waals surface area contributed by atoms with Gasteiger partial charge in [0, 0.05) is 28.2 Å². The molecule has 1 aliphatic rings. The number of fused-ring (bicyclic) bond motifs is 3. The third-order valence-corrected chi connectivity index (χ3v) is 7.18. The first kappa shape index (κ1) is 25.6. The number of benzene rings is 3. The number of carbonyl (C=O) groups excluding carboxylic acids is 1. The Morgan fingerprint density at radius 1 is 1.07 bits per heavy atom. The van der Waals surface area contributed by atoms with Crippen LogP contribution in [0.5, 0.6) is 11.5 Å². The molecule has 3 heterocycles. The van der Waals surface area contributed by atoms with E-state index in [1.165, 1.54) is 24.3 Å². The number of ether oxygens (including phenoxy) is 2. The van der Waals surface area contributed by atoms with Gasteiger partial charge in [0.25, 0.3) is 0 Å². The van der Waals surface area contributed by atoms with Gasteiger partial charge in [0.05, 0.1) is 18.4 Å². The molecule has 0 radical (unpaired) electrons. The molecule has 0 fully saturated rings. The van der Waals surface area contributed by atoms with Gasteiger partial charge in [0.15, 0.2) is 5.82 Å². The Kier molecular flexibility index (Phi) is 6.69. The lowest BCUT2D eigenvalue weighted by Gasteiger charge is -2.35. The fourth-order valence-corrected chi connectivity index (χ4v) is 5.21. The molecular weight excluding hydrogens is 535 g/mol. The largest absolute Gasteiger partial charge is 0.492 e. The third kappa shape index (κ3) is 5.01. The maximum Gasteiger partial charge on any atom is 0.416 e. The molecule has 1 amide bonds. The van der Waals surface area contributed by atoms with E-state index in [4.69, 9.17) is 32.5 Å². The Morgan fingerprint density at radius 3 is 2.55 bits per heavy atom. The zero-order valence-electron chi connectivity index (χ0n) is 21.3. The highest BCUT2D eigenvalue weighted by Crippen LogP contribution is 2.40. The van der Waals surface area contributed by atoms with Crippen molar-refractivity contribution in [2.24, 2.45) is 0 Å². The van der Waals surface area contributed by atoms with Crippen molar-refractivity contribution in [2.75, 3.05) is 24.6 Å². The molecule has 0 aliphatic carbocycles. The van der Waals surface area contributed by atoms with Crippen LogP contribution in [0.2, 0.25) is 5.02 Å². The minimum atomic E-state index is -0.531. The highest BCUT2D eigenvalue weighted by molar-refractivity contribution is 6.31. The standard InChI is InChI=1S/C29H26ClFN6O3/c30-18-3-10-25-23(15-18)22-11-12-37(29(38)40-21-8-4-19(31)5-9-21)27(26(22)34-25)17-1-6-20(7-2-17)39-14-13-36-16-24(32)28(33)35-36/h1-10,15-16,27,34H,11-14,32H2,(H2,33,35). The monoisotopic (exact) mass is 560 g/mol. The number of anilines is 2. The van der Waals surface area contributed by atoms with Gasteiger partial charge < -0.3 is 25.9 Å². The van der Waals surface area contributed by atoms with Crippen molar-refractivity contribution in [2.45, 2.75) is 19.0 Å². The highest BCUT2D eigenvalue weighted by Gasteiger charge is 2.35. The van der Waals surface area contributed by atoms with Crippen LogP contribution < -0.4 is 20.9 Å². The smallest absolute Gasteiger partial charge is 0.416 e. The number of rotatable bonds is 6. The molecule has 5 N–H and O–H groups in total. The molecule has 1 unspecified atom stereocenters. The summed E-state index contributed by atoms with van der Waals surface area (Å²) in [5.74, 6) is 0.816. The van der Waals surface area contributed by atoms with Crippen molar-refractivity contribution < 1.29 is 18.7 Å². The maximum absolute atomic E-state index is 13.4. The van der Waals surface area contributed by atoms with Gasteiger partial charge in [-0.3, -0.25) is 9.58 Å². The summed E-state index contributed by atoms with van der Waals surface area (Å²) in [5.41, 5.74) is 15.7. The van der Waals surface area contributed by atoms with E-state index in [-0.39, 0.29) is 11.6 Å². The first-order valence-corrected chi connectivity index (χ1v) is 13.1. The Hall–Kier alpha value is -4.70. The minimum Gasteiger partial charge on any atom is -0.492 e. The van der Waals surface area contributed by atoms with Crippen molar-refractivity contribution in [3.63, 3.8) is 0 Å². The van der Waals surface area contributed by atoms with E-state index in [9.17, 15) is 9.18 Å². The third-order valence-electron chi connectivity index (χ3n) is 6.95. The van der Waals surface area contributed by atoms with E-state index in [0.29, 0.717) is 42.6 Å². The number of hydrogen-bond acceptors (Lipinski definition) is 6. The molecule has 204 valence electrons. The van der Waals surface area contributed by atoms with Crippen molar-refractivity contribution >= 4 is 40.1 Å². The van der Waals surface area contributed by atoms with Gasteiger partial charge in [-0.2, -0.15) is 5.10 Å². The number of hydrogen-bond donors (Lipinski definition) is 3. The number of nitrogens with one attached hydrogen (secondary N) is 1. The van der Waals surface area contributed by atoms with Crippen LogP contribution in [-0.4, -0.2) is 38.9 Å². The maximum atomic E-state index is 13.4. The van der Waals surface area contributed by atoms with Crippen molar-refractivity contribution in [3.05, 3.63) is 101 Å². The van der Waals surface area contributed by atoms with Gasteiger partial charge in [-0.15, -0.1) is 0 Å². The van der Waals surface area contributed by atoms with Crippen LogP contribution in [0.4, 0.5) is 20.7 Å². The lowest BCUT2D eigenvalue weighted by atomic mass is 9.92. The Labute approximate surface area is 234 Å². The second-order valence-corrected chi connectivity index (χ2v) is 9.96. The van der Waals surface area contributed by atoms with Crippen molar-refractivity contribution in [1.29, 1.82) is 0 Å². The van der Waals surface area contributed by atoms with E-state index in [2.05, 4.69) is 10.1 Å². The molecule has 5 aromatic rings. The summed E-state index contributed by atoms with van der Waals surface area (Å²) in [6.07, 6.45) is 1.75. The molecule has 3 aromatic carbocycles. The predicted molar refractivity (Wildman–Crippen MR) is 151 cm³/mol. The topological polar surface area (TPSA) is 124 Å². The number of halogens is 2. The Morgan fingerprint density at radius 2 is 1.82 bits per heavy atom. The second-order valence-electron chi connectivity index (χ2n) is 9.53. The van der Waals surface area contributed by atoms with Gasteiger partial charge in [-0.25, -0.2) is 9.18 Å². The predicted octanol–water partition coefficient (Wildman–Crippen LogP) is 5.55. The molecule has 6 rings (SSSR count). The average molecular weight is 561 g/mol. The molecule has 2 aromatic heterocycles. The molecule has 1 aliphatic heterocycles. The molecule has 11 heteroatoms. The molecule has 0 bridgehead atoms. The van der Waals surface area contributed by atoms with Crippen molar-refractivity contribution in [1.82, 2.24) is 19.7 Å². The van der Waals surface area contributed by atoms with E-state index >= 15 is 0 Å². The zero-order valence-corrected chi connectivity index (χ0v) is 22.1. The SMILES string of the molecule is Nc1cn(CCOc2ccc(C3c4[nH]c5ccc(Cl)cc5c4CCN3C(=O)Oc3ccc(F)cc3)cc2)nc1N.